The van der Waals surface area contributed by atoms with Gasteiger partial charge in [-0.3, -0.25) is 4.63 Å². The molecule has 0 radical (unpaired) electrons. The van der Waals surface area contributed by atoms with Gasteiger partial charge in [0.2, 0.25) is 0 Å². The molecule has 0 bridgehead atoms. The van der Waals surface area contributed by atoms with Crippen LogP contribution in [0.3, 0.4) is 0 Å². The van der Waals surface area contributed by atoms with Gasteiger partial charge in [0.1, 0.15) is 0 Å². The van der Waals surface area contributed by atoms with Gasteiger partial charge in [0, 0.05) is 0 Å². The van der Waals surface area contributed by atoms with Crippen molar-refractivity contribution in [1.82, 2.24) is 15.1 Å². The maximum absolute atomic E-state index is 11.0. The van der Waals surface area contributed by atoms with Gasteiger partial charge in [0.15, 0.2) is 0 Å². The fourth-order valence-corrected chi connectivity index (χ4v) is 0.978. The van der Waals surface area contributed by atoms with Crippen LogP contribution in [0.5, 0.6) is 11.9 Å². The first kappa shape index (κ1) is 8.48. The van der Waals surface area contributed by atoms with Crippen LogP contribution in [0.1, 0.15) is 0 Å². The second kappa shape index (κ2) is 2.98. The van der Waals surface area contributed by atoms with Gasteiger partial charge < -0.3 is 14.7 Å². The molecule has 14 heavy (non-hydrogen) atoms. The lowest BCUT2D eigenvalue weighted by Gasteiger charge is -1.99. The Morgan fingerprint density at radius 2 is 2.07 bits per heavy atom. The van der Waals surface area contributed by atoms with E-state index >= 15 is 0 Å². The summed E-state index contributed by atoms with van der Waals surface area (Å²) in [6.45, 7) is 0. The minimum absolute atomic E-state index is 0.0355. The molecule has 0 aliphatic heterocycles. The summed E-state index contributed by atoms with van der Waals surface area (Å²) < 4.78 is 14.0. The Morgan fingerprint density at radius 3 is 2.71 bits per heavy atom. The van der Waals surface area contributed by atoms with Gasteiger partial charge >= 0.3 is 17.2 Å². The van der Waals surface area contributed by atoms with E-state index in [1.165, 1.54) is 14.2 Å². The molecular weight excluding hydrogens is 192 g/mol. The molecule has 74 valence electrons. The van der Waals surface area contributed by atoms with Crippen molar-refractivity contribution in [2.45, 2.75) is 0 Å². The Kier molecular flexibility index (Phi) is 1.80. The Bertz CT molecular complexity index is 468. The van der Waals surface area contributed by atoms with E-state index in [1.807, 2.05) is 0 Å². The van der Waals surface area contributed by atoms with Crippen LogP contribution in [0.4, 0.5) is 0 Å². The number of rotatable bonds is 2. The van der Waals surface area contributed by atoms with Crippen LogP contribution in [0, 0.1) is 5.21 Å². The molecule has 0 saturated heterocycles. The van der Waals surface area contributed by atoms with Crippen molar-refractivity contribution in [2.75, 3.05) is 14.2 Å². The zero-order valence-electron chi connectivity index (χ0n) is 7.42. The minimum Gasteiger partial charge on any atom is -0.478 e. The summed E-state index contributed by atoms with van der Waals surface area (Å²) in [4.78, 5) is 7.75. The zero-order chi connectivity index (χ0) is 10.1. The number of fused-ring (bicyclic) bond motifs is 1. The molecule has 8 heteroatoms. The summed E-state index contributed by atoms with van der Waals surface area (Å²) in [7, 11) is 2.76. The average Bonchev–Trinajstić information content (AvgIpc) is 2.59. The molecule has 0 aliphatic carbocycles. The van der Waals surface area contributed by atoms with Crippen LogP contribution in [0.15, 0.2) is 4.63 Å². The number of ether oxygens (including phenoxy) is 2. The lowest BCUT2D eigenvalue weighted by Crippen LogP contribution is -2.23. The maximum Gasteiger partial charge on any atom is 0.350 e. The first-order valence-corrected chi connectivity index (χ1v) is 3.61. The second-order valence-corrected chi connectivity index (χ2v) is 2.32. The van der Waals surface area contributed by atoms with Crippen molar-refractivity contribution in [3.63, 3.8) is 0 Å². The zero-order valence-corrected chi connectivity index (χ0v) is 7.42. The molecule has 0 saturated carbocycles. The third kappa shape index (κ3) is 1.08. The number of methoxy groups -OCH3 is 2. The fourth-order valence-electron chi connectivity index (χ4n) is 0.978. The summed E-state index contributed by atoms with van der Waals surface area (Å²) in [5.41, 5.74) is 0.122. The van der Waals surface area contributed by atoms with Crippen LogP contribution in [0.2, 0.25) is 0 Å². The van der Waals surface area contributed by atoms with Crippen LogP contribution >= 0.6 is 0 Å². The Balaban J connectivity index is 2.76. The highest BCUT2D eigenvalue weighted by atomic mass is 16.8. The molecule has 2 aromatic heterocycles. The van der Waals surface area contributed by atoms with Crippen LogP contribution in [0.25, 0.3) is 11.2 Å². The average molecular weight is 198 g/mol. The molecule has 2 rings (SSSR count). The van der Waals surface area contributed by atoms with Crippen LogP contribution in [-0.4, -0.2) is 29.3 Å². The van der Waals surface area contributed by atoms with Crippen molar-refractivity contribution in [2.24, 2.45) is 0 Å². The van der Waals surface area contributed by atoms with Gasteiger partial charge in [-0.25, -0.2) is 0 Å². The molecule has 0 unspecified atom stereocenters. The predicted octanol–water partition coefficient (Wildman–Crippen LogP) is -0.732. The Hall–Kier alpha value is -2.12. The number of nitrogens with zero attached hydrogens (tertiary/aromatic N) is 4. The van der Waals surface area contributed by atoms with Gasteiger partial charge in [0.05, 0.1) is 19.4 Å². The largest absolute Gasteiger partial charge is 0.478 e. The van der Waals surface area contributed by atoms with Crippen molar-refractivity contribution in [3.8, 4) is 11.9 Å². The fraction of sp³-hybridized carbons (Fsp3) is 0.333. The molecule has 0 amide bonds. The van der Waals surface area contributed by atoms with Gasteiger partial charge in [-0.15, -0.1) is 4.98 Å². The quantitative estimate of drug-likeness (QED) is 0.586. The third-order valence-corrected chi connectivity index (χ3v) is 1.57. The molecular formula is C6H6N4O4. The topological polar surface area (TPSA) is 97.2 Å². The molecule has 0 aromatic carbocycles. The highest BCUT2D eigenvalue weighted by molar-refractivity contribution is 5.71. The van der Waals surface area contributed by atoms with Crippen molar-refractivity contribution in [1.29, 1.82) is 0 Å². The summed E-state index contributed by atoms with van der Waals surface area (Å²) in [6.07, 6.45) is 0. The Morgan fingerprint density at radius 1 is 1.29 bits per heavy atom. The molecule has 2 aromatic rings. The maximum atomic E-state index is 11.0. The van der Waals surface area contributed by atoms with E-state index < -0.39 is 0 Å². The van der Waals surface area contributed by atoms with Gasteiger partial charge in [-0.2, -0.15) is 4.98 Å². The highest BCUT2D eigenvalue weighted by Crippen LogP contribution is 2.19. The summed E-state index contributed by atoms with van der Waals surface area (Å²) >= 11 is 0. The number of hydrogen-bond acceptors (Lipinski definition) is 7. The number of hydrogen-bond donors (Lipinski definition) is 0. The highest BCUT2D eigenvalue weighted by Gasteiger charge is 2.20. The minimum atomic E-state index is 0.0355. The second-order valence-electron chi connectivity index (χ2n) is 2.32. The molecule has 8 nitrogen and oxygen atoms in total. The first-order chi connectivity index (χ1) is 6.76. The van der Waals surface area contributed by atoms with E-state index in [4.69, 9.17) is 9.47 Å². The smallest absolute Gasteiger partial charge is 0.350 e. The van der Waals surface area contributed by atoms with E-state index in [-0.39, 0.29) is 28.0 Å². The van der Waals surface area contributed by atoms with E-state index in [1.54, 1.807) is 0 Å². The predicted molar refractivity (Wildman–Crippen MR) is 41.7 cm³/mol. The molecule has 0 aliphatic rings. The lowest BCUT2D eigenvalue weighted by atomic mass is 10.5. The first-order valence-electron chi connectivity index (χ1n) is 3.61. The van der Waals surface area contributed by atoms with E-state index in [0.29, 0.717) is 0 Å². The van der Waals surface area contributed by atoms with Gasteiger partial charge in [-0.1, -0.05) is 0 Å². The summed E-state index contributed by atoms with van der Waals surface area (Å²) in [6, 6.07) is 0.0586. The normalized spacial score (nSPS) is 10.4. The van der Waals surface area contributed by atoms with Crippen LogP contribution in [-0.2, 0) is 0 Å². The molecule has 0 N–H and O–H groups in total. The summed E-state index contributed by atoms with van der Waals surface area (Å²) in [5, 5.41) is 14.4. The molecule has 0 spiro atoms. The van der Waals surface area contributed by atoms with E-state index in [9.17, 15) is 5.21 Å². The third-order valence-electron chi connectivity index (χ3n) is 1.57. The monoisotopic (exact) mass is 198 g/mol. The molecule has 2 heterocycles. The standard InChI is InChI=1S/C6H6N4O4/c1-12-5-3-4(9-14-10(3)11)7-6(8-5)13-2/h1-2H3. The van der Waals surface area contributed by atoms with Gasteiger partial charge in [0.25, 0.3) is 5.88 Å². The molecule has 0 atom stereocenters. The van der Waals surface area contributed by atoms with Crippen molar-refractivity contribution < 1.29 is 19.0 Å². The van der Waals surface area contributed by atoms with Gasteiger partial charge in [-0.05, 0) is 4.90 Å². The van der Waals surface area contributed by atoms with Crippen molar-refractivity contribution >= 4 is 11.2 Å². The number of aromatic nitrogens is 4. The van der Waals surface area contributed by atoms with E-state index in [0.717, 1.165) is 0 Å². The van der Waals surface area contributed by atoms with Crippen LogP contribution < -0.4 is 14.4 Å². The van der Waals surface area contributed by atoms with Crippen molar-refractivity contribution in [3.05, 3.63) is 5.21 Å². The molecule has 0 fully saturated rings. The Labute approximate surface area is 77.6 Å². The SMILES string of the molecule is COc1nc(OC)c2c(no[n+]2[O-])n1. The summed E-state index contributed by atoms with van der Waals surface area (Å²) in [5.74, 6) is 0.0584. The lowest BCUT2D eigenvalue weighted by molar-refractivity contribution is -0.782. The van der Waals surface area contributed by atoms with E-state index in [2.05, 4.69) is 19.8 Å².